The van der Waals surface area contributed by atoms with Crippen molar-refractivity contribution in [3.05, 3.63) is 48.0 Å². The monoisotopic (exact) mass is 322 g/mol. The summed E-state index contributed by atoms with van der Waals surface area (Å²) >= 11 is 5.19. The van der Waals surface area contributed by atoms with Gasteiger partial charge in [0.15, 0.2) is 5.11 Å². The molecule has 22 heavy (non-hydrogen) atoms. The number of methoxy groups -OCH3 is 1. The van der Waals surface area contributed by atoms with Crippen LogP contribution in [0, 0.1) is 5.82 Å². The number of nitrogens with one attached hydrogen (secondary N) is 2. The van der Waals surface area contributed by atoms with Crippen LogP contribution in [0.2, 0.25) is 0 Å². The third kappa shape index (κ3) is 5.42. The van der Waals surface area contributed by atoms with Crippen LogP contribution in [0.4, 0.5) is 10.1 Å². The zero-order valence-corrected chi connectivity index (χ0v) is 13.2. The van der Waals surface area contributed by atoms with Crippen molar-refractivity contribution in [2.45, 2.75) is 13.0 Å². The molecule has 0 aliphatic carbocycles. The molecule has 1 aromatic carbocycles. The smallest absolute Gasteiger partial charge is 0.170 e. The fourth-order valence-corrected chi connectivity index (χ4v) is 2.15. The van der Waals surface area contributed by atoms with Crippen molar-refractivity contribution in [1.82, 2.24) is 15.1 Å². The van der Waals surface area contributed by atoms with E-state index in [1.807, 2.05) is 12.3 Å². The lowest BCUT2D eigenvalue weighted by atomic mass is 10.2. The molecule has 2 aromatic rings. The van der Waals surface area contributed by atoms with Gasteiger partial charge in [-0.25, -0.2) is 4.39 Å². The number of benzene rings is 1. The molecule has 0 radical (unpaired) electrons. The molecule has 5 nitrogen and oxygen atoms in total. The summed E-state index contributed by atoms with van der Waals surface area (Å²) in [7, 11) is 1.67. The van der Waals surface area contributed by atoms with Crippen LogP contribution in [0.5, 0.6) is 0 Å². The highest BCUT2D eigenvalue weighted by atomic mass is 32.1. The van der Waals surface area contributed by atoms with Gasteiger partial charge in [0, 0.05) is 26.5 Å². The number of thiocarbonyl (C=S) groups is 1. The highest BCUT2D eigenvalue weighted by Crippen LogP contribution is 2.09. The molecular weight excluding hydrogens is 303 g/mol. The van der Waals surface area contributed by atoms with Gasteiger partial charge in [-0.15, -0.1) is 0 Å². The molecule has 0 fully saturated rings. The molecule has 0 unspecified atom stereocenters. The highest BCUT2D eigenvalue weighted by Gasteiger charge is 2.02. The van der Waals surface area contributed by atoms with Crippen LogP contribution in [0.15, 0.2) is 36.7 Å². The Morgan fingerprint density at radius 1 is 1.45 bits per heavy atom. The molecule has 0 atom stereocenters. The number of aromatic nitrogens is 2. The van der Waals surface area contributed by atoms with Gasteiger partial charge in [0.1, 0.15) is 5.82 Å². The molecule has 0 spiro atoms. The molecule has 0 saturated heterocycles. The maximum absolute atomic E-state index is 13.1. The second kappa shape index (κ2) is 8.45. The molecule has 1 aromatic heterocycles. The Hall–Kier alpha value is -1.99. The van der Waals surface area contributed by atoms with Crippen molar-refractivity contribution in [1.29, 1.82) is 0 Å². The first-order chi connectivity index (χ1) is 10.7. The van der Waals surface area contributed by atoms with Gasteiger partial charge in [-0.1, -0.05) is 12.1 Å². The standard InChI is InChI=1S/C15H19FN4OS/c1-21-7-3-6-17-15(22)19-14-9-18-20(11-14)10-12-4-2-5-13(16)8-12/h2,4-5,8-9,11H,3,6-7,10H2,1H3,(H2,17,19,22). The number of halogens is 1. The van der Waals surface area contributed by atoms with E-state index in [0.29, 0.717) is 18.3 Å². The molecule has 0 amide bonds. The van der Waals surface area contributed by atoms with Gasteiger partial charge in [-0.3, -0.25) is 4.68 Å². The second-order valence-corrected chi connectivity index (χ2v) is 5.19. The SMILES string of the molecule is COCCCNC(=S)Nc1cnn(Cc2cccc(F)c2)c1. The van der Waals surface area contributed by atoms with E-state index in [-0.39, 0.29) is 5.82 Å². The average Bonchev–Trinajstić information content (AvgIpc) is 2.91. The van der Waals surface area contributed by atoms with E-state index >= 15 is 0 Å². The van der Waals surface area contributed by atoms with E-state index < -0.39 is 0 Å². The Kier molecular flexibility index (Phi) is 6.29. The summed E-state index contributed by atoms with van der Waals surface area (Å²) in [4.78, 5) is 0. The molecule has 0 bridgehead atoms. The molecule has 0 aliphatic heterocycles. The minimum absolute atomic E-state index is 0.246. The van der Waals surface area contributed by atoms with Gasteiger partial charge >= 0.3 is 0 Å². The van der Waals surface area contributed by atoms with Crippen molar-refractivity contribution >= 4 is 23.0 Å². The Morgan fingerprint density at radius 2 is 2.32 bits per heavy atom. The van der Waals surface area contributed by atoms with Crippen molar-refractivity contribution in [2.75, 3.05) is 25.6 Å². The summed E-state index contributed by atoms with van der Waals surface area (Å²) in [5.74, 6) is -0.246. The molecule has 118 valence electrons. The fourth-order valence-electron chi connectivity index (χ4n) is 1.93. The van der Waals surface area contributed by atoms with E-state index in [0.717, 1.165) is 24.2 Å². The molecule has 0 saturated carbocycles. The van der Waals surface area contributed by atoms with Crippen LogP contribution < -0.4 is 10.6 Å². The lowest BCUT2D eigenvalue weighted by Gasteiger charge is -2.08. The predicted octanol–water partition coefficient (Wildman–Crippen LogP) is 2.39. The number of hydrogen-bond donors (Lipinski definition) is 2. The summed E-state index contributed by atoms with van der Waals surface area (Å²) in [6.45, 7) is 1.95. The number of ether oxygens (including phenoxy) is 1. The first-order valence-electron chi connectivity index (χ1n) is 6.98. The van der Waals surface area contributed by atoms with Crippen LogP contribution >= 0.6 is 12.2 Å². The van der Waals surface area contributed by atoms with Gasteiger partial charge in [-0.2, -0.15) is 5.10 Å². The van der Waals surface area contributed by atoms with Crippen molar-refractivity contribution in [2.24, 2.45) is 0 Å². The van der Waals surface area contributed by atoms with Gasteiger partial charge in [0.05, 0.1) is 18.4 Å². The summed E-state index contributed by atoms with van der Waals surface area (Å²) in [5, 5.41) is 10.9. The fraction of sp³-hybridized carbons (Fsp3) is 0.333. The Balaban J connectivity index is 1.82. The maximum atomic E-state index is 13.1. The van der Waals surface area contributed by atoms with E-state index in [4.69, 9.17) is 17.0 Å². The van der Waals surface area contributed by atoms with Crippen LogP contribution in [0.1, 0.15) is 12.0 Å². The zero-order chi connectivity index (χ0) is 15.8. The van der Waals surface area contributed by atoms with Gasteiger partial charge in [0.25, 0.3) is 0 Å². The lowest BCUT2D eigenvalue weighted by Crippen LogP contribution is -2.29. The van der Waals surface area contributed by atoms with Crippen LogP contribution in [0.25, 0.3) is 0 Å². The van der Waals surface area contributed by atoms with Crippen LogP contribution in [-0.4, -0.2) is 35.2 Å². The lowest BCUT2D eigenvalue weighted by molar-refractivity contribution is 0.196. The quantitative estimate of drug-likeness (QED) is 0.605. The molecule has 0 aliphatic rings. The van der Waals surface area contributed by atoms with Crippen molar-refractivity contribution in [3.8, 4) is 0 Å². The molecule has 7 heteroatoms. The molecular formula is C15H19FN4OS. The Labute approximate surface area is 134 Å². The van der Waals surface area contributed by atoms with Gasteiger partial charge in [-0.05, 0) is 36.3 Å². The summed E-state index contributed by atoms with van der Waals surface area (Å²) < 4.78 is 19.8. The largest absolute Gasteiger partial charge is 0.385 e. The van der Waals surface area contributed by atoms with E-state index in [2.05, 4.69) is 15.7 Å². The van der Waals surface area contributed by atoms with Crippen molar-refractivity contribution < 1.29 is 9.13 Å². The average molecular weight is 322 g/mol. The number of nitrogens with zero attached hydrogens (tertiary/aromatic N) is 2. The van der Waals surface area contributed by atoms with Crippen molar-refractivity contribution in [3.63, 3.8) is 0 Å². The Morgan fingerprint density at radius 3 is 3.09 bits per heavy atom. The first-order valence-corrected chi connectivity index (χ1v) is 7.39. The third-order valence-corrected chi connectivity index (χ3v) is 3.18. The van der Waals surface area contributed by atoms with E-state index in [9.17, 15) is 4.39 Å². The Bertz CT molecular complexity index is 617. The second-order valence-electron chi connectivity index (χ2n) is 4.78. The van der Waals surface area contributed by atoms with Gasteiger partial charge < -0.3 is 15.4 Å². The molecule has 2 N–H and O–H groups in total. The minimum Gasteiger partial charge on any atom is -0.385 e. The van der Waals surface area contributed by atoms with Gasteiger partial charge in [0.2, 0.25) is 0 Å². The normalized spacial score (nSPS) is 10.5. The number of hydrogen-bond acceptors (Lipinski definition) is 3. The van der Waals surface area contributed by atoms with E-state index in [1.54, 1.807) is 24.1 Å². The zero-order valence-electron chi connectivity index (χ0n) is 12.4. The molecule has 1 heterocycles. The van der Waals surface area contributed by atoms with Crippen LogP contribution in [-0.2, 0) is 11.3 Å². The summed E-state index contributed by atoms with van der Waals surface area (Å²) in [6.07, 6.45) is 4.40. The molecule has 2 rings (SSSR count). The summed E-state index contributed by atoms with van der Waals surface area (Å²) in [6, 6.07) is 6.47. The third-order valence-electron chi connectivity index (χ3n) is 2.94. The summed E-state index contributed by atoms with van der Waals surface area (Å²) in [5.41, 5.74) is 1.65. The van der Waals surface area contributed by atoms with E-state index in [1.165, 1.54) is 12.1 Å². The number of rotatable bonds is 7. The number of anilines is 1. The first kappa shape index (κ1) is 16.4. The highest BCUT2D eigenvalue weighted by molar-refractivity contribution is 7.80. The van der Waals surface area contributed by atoms with Crippen LogP contribution in [0.3, 0.4) is 0 Å². The topological polar surface area (TPSA) is 51.1 Å². The minimum atomic E-state index is -0.246. The maximum Gasteiger partial charge on any atom is 0.170 e. The predicted molar refractivity (Wildman–Crippen MR) is 88.4 cm³/mol.